The summed E-state index contributed by atoms with van der Waals surface area (Å²) in [6.45, 7) is 3.25. The number of rotatable bonds is 5. The zero-order valence-corrected chi connectivity index (χ0v) is 12.9. The first kappa shape index (κ1) is 12.6. The first-order valence-electron chi connectivity index (χ1n) is 7.01. The fourth-order valence-corrected chi connectivity index (χ4v) is 4.04. The van der Waals surface area contributed by atoms with Gasteiger partial charge in [0.25, 0.3) is 0 Å². The summed E-state index contributed by atoms with van der Waals surface area (Å²) in [5.41, 5.74) is 0.359. The first-order chi connectivity index (χ1) is 7.77. The van der Waals surface area contributed by atoms with E-state index in [-0.39, 0.29) is 0 Å². The molecule has 2 rings (SSSR count). The minimum absolute atomic E-state index is 0.359. The highest BCUT2D eigenvalue weighted by Crippen LogP contribution is 2.44. The zero-order chi connectivity index (χ0) is 11.4. The molecule has 16 heavy (non-hydrogen) atoms. The third-order valence-corrected chi connectivity index (χ3v) is 5.29. The Hall–Kier alpha value is 0.137. The van der Waals surface area contributed by atoms with Gasteiger partial charge in [0.15, 0.2) is 0 Å². The van der Waals surface area contributed by atoms with Crippen LogP contribution >= 0.6 is 0 Å². The number of hydrogen-bond donors (Lipinski definition) is 1. The van der Waals surface area contributed by atoms with Crippen molar-refractivity contribution in [2.45, 2.75) is 63.8 Å². The molecule has 2 fully saturated rings. The van der Waals surface area contributed by atoms with Gasteiger partial charge < -0.3 is 4.43 Å². The molecule has 94 valence electrons. The second-order valence-corrected chi connectivity index (χ2v) is 6.43. The molecule has 2 saturated carbocycles. The fraction of sp³-hybridized carbons (Fsp3) is 1.00. The predicted molar refractivity (Wildman–Crippen MR) is 71.3 cm³/mol. The monoisotopic (exact) mass is 241 g/mol. The molecule has 0 amide bonds. The van der Waals surface area contributed by atoms with Gasteiger partial charge in [0, 0.05) is 5.54 Å². The van der Waals surface area contributed by atoms with Crippen molar-refractivity contribution in [3.63, 3.8) is 0 Å². The van der Waals surface area contributed by atoms with Crippen LogP contribution in [0.5, 0.6) is 0 Å². The van der Waals surface area contributed by atoms with Crippen LogP contribution in [0, 0.1) is 11.8 Å². The van der Waals surface area contributed by atoms with E-state index in [1.807, 2.05) is 0 Å². The molecule has 0 spiro atoms. The molecule has 0 radical (unpaired) electrons. The average Bonchev–Trinajstić information content (AvgIpc) is 2.96. The van der Waals surface area contributed by atoms with E-state index in [2.05, 4.69) is 12.2 Å². The largest absolute Gasteiger partial charge is 0.415 e. The van der Waals surface area contributed by atoms with Gasteiger partial charge in [-0.15, -0.1) is 0 Å². The van der Waals surface area contributed by atoms with Gasteiger partial charge in [-0.3, -0.25) is 5.32 Å². The van der Waals surface area contributed by atoms with E-state index in [0.29, 0.717) is 5.54 Å². The smallest absolute Gasteiger partial charge is 0.147 e. The van der Waals surface area contributed by atoms with Gasteiger partial charge in [-0.05, 0) is 44.4 Å². The van der Waals surface area contributed by atoms with Crippen LogP contribution in [0.25, 0.3) is 0 Å². The molecule has 2 nitrogen and oxygen atoms in total. The van der Waals surface area contributed by atoms with Crippen molar-refractivity contribution in [2.75, 3.05) is 6.73 Å². The standard InChI is InChI=1S/C13H27NOSi/c1-13(14-10-15-16,11-6-2-3-7-11)12-8-4-5-9-12/h11-12,14H,2-10H2,1,16H3. The Morgan fingerprint density at radius 1 is 1.06 bits per heavy atom. The highest BCUT2D eigenvalue weighted by atomic mass is 28.2. The molecule has 1 N–H and O–H groups in total. The molecule has 3 heteroatoms. The molecular weight excluding hydrogens is 214 g/mol. The van der Waals surface area contributed by atoms with Crippen molar-refractivity contribution < 1.29 is 4.43 Å². The third-order valence-electron chi connectivity index (χ3n) is 5.00. The molecule has 0 atom stereocenters. The molecule has 0 aromatic carbocycles. The summed E-state index contributed by atoms with van der Waals surface area (Å²) in [4.78, 5) is 0. The van der Waals surface area contributed by atoms with Crippen LogP contribution in [-0.4, -0.2) is 22.8 Å². The van der Waals surface area contributed by atoms with Gasteiger partial charge in [0.05, 0.1) is 6.73 Å². The fourth-order valence-electron chi connectivity index (χ4n) is 3.90. The summed E-state index contributed by atoms with van der Waals surface area (Å²) < 4.78 is 5.38. The van der Waals surface area contributed by atoms with E-state index in [1.54, 1.807) is 0 Å². The van der Waals surface area contributed by atoms with Crippen molar-refractivity contribution in [3.05, 3.63) is 0 Å². The molecule has 0 aliphatic heterocycles. The SMILES string of the molecule is CC(NCO[SiH3])(C1CCCC1)C1CCCC1. The zero-order valence-electron chi connectivity index (χ0n) is 10.9. The molecule has 0 unspecified atom stereocenters. The first-order valence-corrected chi connectivity index (χ1v) is 7.83. The van der Waals surface area contributed by atoms with Crippen LogP contribution in [0.1, 0.15) is 58.3 Å². The Balaban J connectivity index is 2.03. The van der Waals surface area contributed by atoms with Crippen LogP contribution in [0.4, 0.5) is 0 Å². The normalized spacial score (nSPS) is 24.6. The van der Waals surface area contributed by atoms with Crippen molar-refractivity contribution >= 4 is 10.5 Å². The third kappa shape index (κ3) is 2.52. The van der Waals surface area contributed by atoms with Crippen LogP contribution in [-0.2, 0) is 4.43 Å². The molecule has 0 aromatic rings. The van der Waals surface area contributed by atoms with Crippen LogP contribution in [0.3, 0.4) is 0 Å². The van der Waals surface area contributed by atoms with Gasteiger partial charge in [-0.25, -0.2) is 0 Å². The number of hydrogen-bond acceptors (Lipinski definition) is 2. The highest BCUT2D eigenvalue weighted by Gasteiger charge is 2.42. The quantitative estimate of drug-likeness (QED) is 0.587. The molecule has 2 aliphatic rings. The van der Waals surface area contributed by atoms with Crippen LogP contribution in [0.2, 0.25) is 0 Å². The lowest BCUT2D eigenvalue weighted by Crippen LogP contribution is -2.53. The lowest BCUT2D eigenvalue weighted by Gasteiger charge is -2.42. The Bertz CT molecular complexity index is 194. The van der Waals surface area contributed by atoms with E-state index < -0.39 is 0 Å². The topological polar surface area (TPSA) is 21.3 Å². The maximum absolute atomic E-state index is 5.38. The minimum atomic E-state index is 0.359. The van der Waals surface area contributed by atoms with Gasteiger partial charge >= 0.3 is 0 Å². The minimum Gasteiger partial charge on any atom is -0.415 e. The lowest BCUT2D eigenvalue weighted by molar-refractivity contribution is 0.111. The average molecular weight is 241 g/mol. The predicted octanol–water partition coefficient (Wildman–Crippen LogP) is 1.97. The summed E-state index contributed by atoms with van der Waals surface area (Å²) >= 11 is 0. The van der Waals surface area contributed by atoms with E-state index in [9.17, 15) is 0 Å². The Morgan fingerprint density at radius 2 is 1.50 bits per heavy atom. The summed E-state index contributed by atoms with van der Waals surface area (Å²) in [5, 5.41) is 3.74. The Morgan fingerprint density at radius 3 is 1.88 bits per heavy atom. The molecule has 0 aromatic heterocycles. The van der Waals surface area contributed by atoms with Crippen LogP contribution in [0.15, 0.2) is 0 Å². The van der Waals surface area contributed by atoms with Gasteiger partial charge in [-0.2, -0.15) is 0 Å². The Kier molecular flexibility index (Phi) is 4.45. The van der Waals surface area contributed by atoms with Gasteiger partial charge in [-0.1, -0.05) is 25.7 Å². The summed E-state index contributed by atoms with van der Waals surface area (Å²) in [6.07, 6.45) is 11.5. The van der Waals surface area contributed by atoms with Crippen molar-refractivity contribution in [3.8, 4) is 0 Å². The summed E-state index contributed by atoms with van der Waals surface area (Å²) in [6, 6.07) is 0. The summed E-state index contributed by atoms with van der Waals surface area (Å²) in [7, 11) is 0.849. The van der Waals surface area contributed by atoms with Crippen molar-refractivity contribution in [1.29, 1.82) is 0 Å². The second-order valence-electron chi connectivity index (χ2n) is 5.86. The maximum Gasteiger partial charge on any atom is 0.147 e. The second kappa shape index (κ2) is 5.65. The molecule has 0 heterocycles. The lowest BCUT2D eigenvalue weighted by atomic mass is 9.73. The van der Waals surface area contributed by atoms with E-state index in [4.69, 9.17) is 4.43 Å². The van der Waals surface area contributed by atoms with E-state index in [1.165, 1.54) is 51.4 Å². The molecular formula is C13H27NOSi. The molecule has 0 bridgehead atoms. The molecule has 2 aliphatic carbocycles. The maximum atomic E-state index is 5.38. The molecule has 0 saturated heterocycles. The van der Waals surface area contributed by atoms with Gasteiger partial charge in [0.1, 0.15) is 10.5 Å². The van der Waals surface area contributed by atoms with E-state index in [0.717, 1.165) is 29.1 Å². The van der Waals surface area contributed by atoms with Crippen LogP contribution < -0.4 is 5.32 Å². The van der Waals surface area contributed by atoms with Crippen molar-refractivity contribution in [2.24, 2.45) is 11.8 Å². The number of nitrogens with one attached hydrogen (secondary N) is 1. The van der Waals surface area contributed by atoms with E-state index >= 15 is 0 Å². The van der Waals surface area contributed by atoms with Gasteiger partial charge in [0.2, 0.25) is 0 Å². The highest BCUT2D eigenvalue weighted by molar-refractivity contribution is 5.97. The Labute approximate surface area is 103 Å². The van der Waals surface area contributed by atoms with Crippen molar-refractivity contribution in [1.82, 2.24) is 5.32 Å². The summed E-state index contributed by atoms with van der Waals surface area (Å²) in [5.74, 6) is 1.79.